The van der Waals surface area contributed by atoms with Crippen molar-refractivity contribution < 1.29 is 23.9 Å². The second-order valence-corrected chi connectivity index (χ2v) is 5.41. The summed E-state index contributed by atoms with van der Waals surface area (Å²) in [5.41, 5.74) is 1.37. The first-order valence-electron chi connectivity index (χ1n) is 7.88. The molecule has 0 saturated carbocycles. The SMILES string of the molecule is CNC(=O)c1ccc(NC(=O)COc2ccc(OC)cc2C(C)=O)cc1. The lowest BCUT2D eigenvalue weighted by Crippen LogP contribution is -2.21. The molecule has 2 aromatic rings. The first-order valence-corrected chi connectivity index (χ1v) is 7.88. The van der Waals surface area contributed by atoms with Crippen molar-refractivity contribution in [2.24, 2.45) is 0 Å². The Balaban J connectivity index is 1.99. The first-order chi connectivity index (χ1) is 12.4. The number of rotatable bonds is 7. The molecule has 0 fully saturated rings. The first kappa shape index (κ1) is 19.0. The number of carbonyl (C=O) groups excluding carboxylic acids is 3. The Labute approximate surface area is 151 Å². The van der Waals surface area contributed by atoms with Gasteiger partial charge in [-0.05, 0) is 49.4 Å². The number of methoxy groups -OCH3 is 1. The fraction of sp³-hybridized carbons (Fsp3) is 0.211. The Kier molecular flexibility index (Phi) is 6.32. The second-order valence-electron chi connectivity index (χ2n) is 5.41. The van der Waals surface area contributed by atoms with Crippen molar-refractivity contribution in [3.8, 4) is 11.5 Å². The van der Waals surface area contributed by atoms with Crippen LogP contribution in [-0.2, 0) is 4.79 Å². The van der Waals surface area contributed by atoms with E-state index < -0.39 is 0 Å². The van der Waals surface area contributed by atoms with Crippen LogP contribution < -0.4 is 20.1 Å². The van der Waals surface area contributed by atoms with E-state index in [0.717, 1.165) is 0 Å². The fourth-order valence-electron chi connectivity index (χ4n) is 2.23. The van der Waals surface area contributed by atoms with E-state index in [2.05, 4.69) is 10.6 Å². The molecule has 0 atom stereocenters. The highest BCUT2D eigenvalue weighted by Gasteiger charge is 2.12. The maximum absolute atomic E-state index is 12.0. The van der Waals surface area contributed by atoms with Gasteiger partial charge in [-0.15, -0.1) is 0 Å². The molecule has 0 saturated heterocycles. The number of ketones is 1. The molecule has 0 heterocycles. The van der Waals surface area contributed by atoms with E-state index in [1.54, 1.807) is 49.5 Å². The van der Waals surface area contributed by atoms with E-state index in [9.17, 15) is 14.4 Å². The zero-order valence-electron chi connectivity index (χ0n) is 14.8. The van der Waals surface area contributed by atoms with Gasteiger partial charge in [0.25, 0.3) is 11.8 Å². The lowest BCUT2D eigenvalue weighted by molar-refractivity contribution is -0.118. The van der Waals surface area contributed by atoms with Gasteiger partial charge in [-0.2, -0.15) is 0 Å². The normalized spacial score (nSPS) is 9.96. The lowest BCUT2D eigenvalue weighted by atomic mass is 10.1. The molecule has 26 heavy (non-hydrogen) atoms. The van der Waals surface area contributed by atoms with Crippen LogP contribution in [0.5, 0.6) is 11.5 Å². The maximum Gasteiger partial charge on any atom is 0.262 e. The molecule has 7 nitrogen and oxygen atoms in total. The molecule has 136 valence electrons. The molecule has 0 aliphatic carbocycles. The van der Waals surface area contributed by atoms with Gasteiger partial charge in [0.2, 0.25) is 0 Å². The molecular weight excluding hydrogens is 336 g/mol. The van der Waals surface area contributed by atoms with E-state index in [1.807, 2.05) is 0 Å². The number of nitrogens with one attached hydrogen (secondary N) is 2. The van der Waals surface area contributed by atoms with Crippen molar-refractivity contribution in [3.05, 3.63) is 53.6 Å². The highest BCUT2D eigenvalue weighted by Crippen LogP contribution is 2.24. The van der Waals surface area contributed by atoms with Gasteiger partial charge >= 0.3 is 0 Å². The van der Waals surface area contributed by atoms with Crippen LogP contribution >= 0.6 is 0 Å². The molecule has 7 heteroatoms. The van der Waals surface area contributed by atoms with Gasteiger partial charge in [0.05, 0.1) is 12.7 Å². The number of carbonyl (C=O) groups is 3. The number of amides is 2. The van der Waals surface area contributed by atoms with E-state index >= 15 is 0 Å². The smallest absolute Gasteiger partial charge is 0.262 e. The average Bonchev–Trinajstić information content (AvgIpc) is 2.66. The molecule has 2 rings (SSSR count). The van der Waals surface area contributed by atoms with Crippen molar-refractivity contribution in [1.82, 2.24) is 5.32 Å². The van der Waals surface area contributed by atoms with Crippen molar-refractivity contribution in [2.75, 3.05) is 26.1 Å². The largest absolute Gasteiger partial charge is 0.497 e. The Bertz CT molecular complexity index is 815. The third-order valence-electron chi connectivity index (χ3n) is 3.58. The minimum atomic E-state index is -0.386. The Morgan fingerprint density at radius 3 is 2.31 bits per heavy atom. The Hall–Kier alpha value is -3.35. The minimum absolute atomic E-state index is 0.191. The van der Waals surface area contributed by atoms with Crippen LogP contribution in [0.1, 0.15) is 27.6 Å². The summed E-state index contributed by atoms with van der Waals surface area (Å²) in [6, 6.07) is 11.2. The Morgan fingerprint density at radius 2 is 1.73 bits per heavy atom. The van der Waals surface area contributed by atoms with E-state index in [4.69, 9.17) is 9.47 Å². The number of benzene rings is 2. The molecule has 2 aromatic carbocycles. The monoisotopic (exact) mass is 356 g/mol. The molecule has 2 N–H and O–H groups in total. The van der Waals surface area contributed by atoms with E-state index in [-0.39, 0.29) is 24.2 Å². The Morgan fingerprint density at radius 1 is 1.04 bits per heavy atom. The summed E-state index contributed by atoms with van der Waals surface area (Å²) in [6.07, 6.45) is 0. The van der Waals surface area contributed by atoms with Crippen LogP contribution in [0.25, 0.3) is 0 Å². The zero-order chi connectivity index (χ0) is 19.1. The third-order valence-corrected chi connectivity index (χ3v) is 3.58. The standard InChI is InChI=1S/C19H20N2O5/c1-12(22)16-10-15(25-3)8-9-17(16)26-11-18(23)21-14-6-4-13(5-7-14)19(24)20-2/h4-10H,11H2,1-3H3,(H,20,24)(H,21,23). The number of anilines is 1. The molecule has 0 radical (unpaired) electrons. The lowest BCUT2D eigenvalue weighted by Gasteiger charge is -2.11. The van der Waals surface area contributed by atoms with Crippen LogP contribution in [0.3, 0.4) is 0 Å². The zero-order valence-corrected chi connectivity index (χ0v) is 14.8. The molecular formula is C19H20N2O5. The summed E-state index contributed by atoms with van der Waals surface area (Å²) < 4.78 is 10.5. The number of ether oxygens (including phenoxy) is 2. The van der Waals surface area contributed by atoms with Crippen molar-refractivity contribution in [2.45, 2.75) is 6.92 Å². The summed E-state index contributed by atoms with van der Waals surface area (Å²) in [7, 11) is 3.05. The maximum atomic E-state index is 12.0. The van der Waals surface area contributed by atoms with Gasteiger partial charge in [0, 0.05) is 18.3 Å². The number of hydrogen-bond donors (Lipinski definition) is 2. The summed E-state index contributed by atoms with van der Waals surface area (Å²) in [5, 5.41) is 5.18. The molecule has 0 bridgehead atoms. The third kappa shape index (κ3) is 4.83. The summed E-state index contributed by atoms with van der Waals surface area (Å²) in [6.45, 7) is 1.15. The predicted octanol–water partition coefficient (Wildman–Crippen LogP) is 2.27. The van der Waals surface area contributed by atoms with Crippen molar-refractivity contribution in [3.63, 3.8) is 0 Å². The van der Waals surface area contributed by atoms with Crippen LogP contribution in [0.2, 0.25) is 0 Å². The summed E-state index contributed by atoms with van der Waals surface area (Å²) in [4.78, 5) is 35.2. The van der Waals surface area contributed by atoms with Crippen LogP contribution in [0, 0.1) is 0 Å². The molecule has 0 aromatic heterocycles. The van der Waals surface area contributed by atoms with Crippen LogP contribution in [-0.4, -0.2) is 38.4 Å². The van der Waals surface area contributed by atoms with Crippen LogP contribution in [0.4, 0.5) is 5.69 Å². The number of hydrogen-bond acceptors (Lipinski definition) is 5. The summed E-state index contributed by atoms with van der Waals surface area (Å²) >= 11 is 0. The van der Waals surface area contributed by atoms with Gasteiger partial charge in [-0.3, -0.25) is 14.4 Å². The van der Waals surface area contributed by atoms with Gasteiger partial charge < -0.3 is 20.1 Å². The molecule has 0 spiro atoms. The predicted molar refractivity (Wildman–Crippen MR) is 97.0 cm³/mol. The van der Waals surface area contributed by atoms with E-state index in [1.165, 1.54) is 14.0 Å². The summed E-state index contributed by atoms with van der Waals surface area (Å²) in [5.74, 6) is 0.0567. The van der Waals surface area contributed by atoms with Gasteiger partial charge in [0.1, 0.15) is 11.5 Å². The molecule has 0 unspecified atom stereocenters. The van der Waals surface area contributed by atoms with Crippen LogP contribution in [0.15, 0.2) is 42.5 Å². The quantitative estimate of drug-likeness (QED) is 0.742. The van der Waals surface area contributed by atoms with Gasteiger partial charge in [-0.1, -0.05) is 0 Å². The molecule has 2 amide bonds. The van der Waals surface area contributed by atoms with Crippen molar-refractivity contribution in [1.29, 1.82) is 0 Å². The minimum Gasteiger partial charge on any atom is -0.497 e. The molecule has 0 aliphatic rings. The fourth-order valence-corrected chi connectivity index (χ4v) is 2.23. The second kappa shape index (κ2) is 8.66. The van der Waals surface area contributed by atoms with Gasteiger partial charge in [-0.25, -0.2) is 0 Å². The van der Waals surface area contributed by atoms with Gasteiger partial charge in [0.15, 0.2) is 12.4 Å². The van der Waals surface area contributed by atoms with Crippen molar-refractivity contribution >= 4 is 23.3 Å². The van der Waals surface area contributed by atoms with E-state index in [0.29, 0.717) is 28.3 Å². The highest BCUT2D eigenvalue weighted by molar-refractivity contribution is 5.98. The topological polar surface area (TPSA) is 93.7 Å². The average molecular weight is 356 g/mol. The number of Topliss-reactive ketones (excluding diaryl/α,β-unsaturated/α-hetero) is 1. The highest BCUT2D eigenvalue weighted by atomic mass is 16.5. The molecule has 0 aliphatic heterocycles.